The van der Waals surface area contributed by atoms with Crippen molar-refractivity contribution in [2.75, 3.05) is 13.2 Å². The third-order valence-electron chi connectivity index (χ3n) is 3.30. The van der Waals surface area contributed by atoms with E-state index in [2.05, 4.69) is 10.0 Å². The summed E-state index contributed by atoms with van der Waals surface area (Å²) in [6.45, 7) is 4.00. The smallest absolute Gasteiger partial charge is 0.258 e. The molecule has 2 rings (SSSR count). The first kappa shape index (κ1) is 16.8. The zero-order valence-electron chi connectivity index (χ0n) is 12.9. The fourth-order valence-corrected chi connectivity index (χ4v) is 3.13. The lowest BCUT2D eigenvalue weighted by Crippen LogP contribution is -2.30. The third kappa shape index (κ3) is 4.71. The molecule has 0 saturated heterocycles. The number of rotatable bonds is 8. The summed E-state index contributed by atoms with van der Waals surface area (Å²) in [6.07, 6.45) is 2.79. The molecule has 0 radical (unpaired) electrons. The highest BCUT2D eigenvalue weighted by Gasteiger charge is 2.23. The van der Waals surface area contributed by atoms with Gasteiger partial charge in [0.2, 0.25) is 10.0 Å². The lowest BCUT2D eigenvalue weighted by molar-refractivity contribution is -0.123. The monoisotopic (exact) mass is 326 g/mol. The van der Waals surface area contributed by atoms with Gasteiger partial charge in [0, 0.05) is 12.6 Å². The number of nitrogens with one attached hydrogen (secondary N) is 2. The van der Waals surface area contributed by atoms with Crippen LogP contribution in [0.5, 0.6) is 5.75 Å². The summed E-state index contributed by atoms with van der Waals surface area (Å²) in [5, 5.41) is 2.83. The molecule has 0 aromatic heterocycles. The average Bonchev–Trinajstić information content (AvgIpc) is 3.27. The summed E-state index contributed by atoms with van der Waals surface area (Å²) in [5.41, 5.74) is 0.679. The SMILES string of the molecule is CCCNS(=O)(=O)c1ccc(OCC(=O)NC2CC2)c(C)c1. The number of carbonyl (C=O) groups is 1. The number of sulfonamides is 1. The molecule has 1 saturated carbocycles. The van der Waals surface area contributed by atoms with Crippen molar-refractivity contribution in [3.63, 3.8) is 0 Å². The molecular formula is C15H22N2O4S. The van der Waals surface area contributed by atoms with Crippen LogP contribution in [-0.4, -0.2) is 33.5 Å². The Bertz CT molecular complexity index is 639. The molecule has 0 heterocycles. The van der Waals surface area contributed by atoms with Crippen molar-refractivity contribution in [1.82, 2.24) is 10.0 Å². The summed E-state index contributed by atoms with van der Waals surface area (Å²) < 4.78 is 32.0. The van der Waals surface area contributed by atoms with Crippen molar-refractivity contribution in [2.45, 2.75) is 44.0 Å². The van der Waals surface area contributed by atoms with E-state index in [1.807, 2.05) is 6.92 Å². The normalized spacial score (nSPS) is 14.6. The Balaban J connectivity index is 1.98. The molecule has 1 aliphatic carbocycles. The molecule has 1 amide bonds. The van der Waals surface area contributed by atoms with Gasteiger partial charge >= 0.3 is 0 Å². The lowest BCUT2D eigenvalue weighted by Gasteiger charge is -2.11. The van der Waals surface area contributed by atoms with Gasteiger partial charge in [0.25, 0.3) is 5.91 Å². The van der Waals surface area contributed by atoms with Gasteiger partial charge in [-0.2, -0.15) is 0 Å². The van der Waals surface area contributed by atoms with Crippen molar-refractivity contribution < 1.29 is 17.9 Å². The number of benzene rings is 1. The van der Waals surface area contributed by atoms with E-state index in [1.165, 1.54) is 6.07 Å². The summed E-state index contributed by atoms with van der Waals surface area (Å²) in [5.74, 6) is 0.364. The molecule has 1 aromatic carbocycles. The Morgan fingerprint density at radius 1 is 1.36 bits per heavy atom. The minimum Gasteiger partial charge on any atom is -0.484 e. The van der Waals surface area contributed by atoms with Gasteiger partial charge in [0.15, 0.2) is 6.61 Å². The van der Waals surface area contributed by atoms with Crippen molar-refractivity contribution in [3.05, 3.63) is 23.8 Å². The molecule has 1 aromatic rings. The van der Waals surface area contributed by atoms with Gasteiger partial charge in [-0.1, -0.05) is 6.92 Å². The minimum atomic E-state index is -3.49. The summed E-state index contributed by atoms with van der Waals surface area (Å²) in [4.78, 5) is 11.8. The zero-order valence-corrected chi connectivity index (χ0v) is 13.7. The number of ether oxygens (including phenoxy) is 1. The summed E-state index contributed by atoms with van der Waals surface area (Å²) >= 11 is 0. The number of carbonyl (C=O) groups excluding carboxylic acids is 1. The largest absolute Gasteiger partial charge is 0.484 e. The first-order valence-corrected chi connectivity index (χ1v) is 8.93. The van der Waals surface area contributed by atoms with E-state index in [4.69, 9.17) is 4.74 Å². The summed E-state index contributed by atoms with van der Waals surface area (Å²) in [7, 11) is -3.49. The van der Waals surface area contributed by atoms with Gasteiger partial charge in [-0.15, -0.1) is 0 Å². The molecule has 122 valence electrons. The van der Waals surface area contributed by atoms with Crippen molar-refractivity contribution in [3.8, 4) is 5.75 Å². The molecular weight excluding hydrogens is 304 g/mol. The quantitative estimate of drug-likeness (QED) is 0.755. The van der Waals surface area contributed by atoms with E-state index in [-0.39, 0.29) is 17.4 Å². The van der Waals surface area contributed by atoms with Gasteiger partial charge in [-0.05, 0) is 49.9 Å². The maximum absolute atomic E-state index is 12.0. The Kier molecular flexibility index (Phi) is 5.42. The fraction of sp³-hybridized carbons (Fsp3) is 0.533. The predicted octanol–water partition coefficient (Wildman–Crippen LogP) is 1.34. The van der Waals surface area contributed by atoms with Crippen molar-refractivity contribution >= 4 is 15.9 Å². The fourth-order valence-electron chi connectivity index (χ4n) is 1.91. The van der Waals surface area contributed by atoms with Crippen LogP contribution in [0.1, 0.15) is 31.7 Å². The molecule has 22 heavy (non-hydrogen) atoms. The second-order valence-corrected chi connectivity index (χ2v) is 7.22. The van der Waals surface area contributed by atoms with Crippen LogP contribution in [0.25, 0.3) is 0 Å². The van der Waals surface area contributed by atoms with Crippen molar-refractivity contribution in [1.29, 1.82) is 0 Å². The molecule has 0 atom stereocenters. The van der Waals surface area contributed by atoms with E-state index in [9.17, 15) is 13.2 Å². The van der Waals surface area contributed by atoms with E-state index in [1.54, 1.807) is 19.1 Å². The number of aryl methyl sites for hydroxylation is 1. The van der Waals surface area contributed by atoms with Gasteiger partial charge in [-0.3, -0.25) is 4.79 Å². The molecule has 0 bridgehead atoms. The average molecular weight is 326 g/mol. The van der Waals surface area contributed by atoms with Gasteiger partial charge < -0.3 is 10.1 Å². The molecule has 0 spiro atoms. The van der Waals surface area contributed by atoms with Crippen LogP contribution in [0.3, 0.4) is 0 Å². The highest BCUT2D eigenvalue weighted by Crippen LogP contribution is 2.22. The van der Waals surface area contributed by atoms with E-state index < -0.39 is 10.0 Å². The molecule has 0 aliphatic heterocycles. The molecule has 1 fully saturated rings. The number of hydrogen-bond donors (Lipinski definition) is 2. The molecule has 0 unspecified atom stereocenters. The minimum absolute atomic E-state index is 0.0580. The molecule has 6 nitrogen and oxygen atoms in total. The van der Waals surface area contributed by atoms with Crippen LogP contribution in [0.15, 0.2) is 23.1 Å². The summed E-state index contributed by atoms with van der Waals surface area (Å²) in [6, 6.07) is 4.92. The van der Waals surface area contributed by atoms with Gasteiger partial charge in [0.05, 0.1) is 4.90 Å². The van der Waals surface area contributed by atoms with Gasteiger partial charge in [0.1, 0.15) is 5.75 Å². The van der Waals surface area contributed by atoms with E-state index >= 15 is 0 Å². The Hall–Kier alpha value is -1.60. The highest BCUT2D eigenvalue weighted by atomic mass is 32.2. The maximum Gasteiger partial charge on any atom is 0.258 e. The van der Waals surface area contributed by atoms with Crippen molar-refractivity contribution in [2.24, 2.45) is 0 Å². The topological polar surface area (TPSA) is 84.5 Å². The lowest BCUT2D eigenvalue weighted by atomic mass is 10.2. The predicted molar refractivity (Wildman–Crippen MR) is 83.3 cm³/mol. The zero-order chi connectivity index (χ0) is 16.2. The maximum atomic E-state index is 12.0. The van der Waals surface area contributed by atoms with Crippen LogP contribution in [-0.2, 0) is 14.8 Å². The molecule has 1 aliphatic rings. The van der Waals surface area contributed by atoms with E-state index in [0.29, 0.717) is 23.9 Å². The van der Waals surface area contributed by atoms with E-state index in [0.717, 1.165) is 19.3 Å². The Morgan fingerprint density at radius 3 is 2.68 bits per heavy atom. The number of hydrogen-bond acceptors (Lipinski definition) is 4. The highest BCUT2D eigenvalue weighted by molar-refractivity contribution is 7.89. The van der Waals surface area contributed by atoms with Gasteiger partial charge in [-0.25, -0.2) is 13.1 Å². The van der Waals surface area contributed by atoms with Crippen LogP contribution in [0.2, 0.25) is 0 Å². The van der Waals surface area contributed by atoms with Crippen LogP contribution in [0, 0.1) is 6.92 Å². The second-order valence-electron chi connectivity index (χ2n) is 5.46. The third-order valence-corrected chi connectivity index (χ3v) is 4.76. The first-order valence-electron chi connectivity index (χ1n) is 7.45. The molecule has 2 N–H and O–H groups in total. The molecule has 7 heteroatoms. The Morgan fingerprint density at radius 2 is 2.09 bits per heavy atom. The Labute approximate surface area is 131 Å². The second kappa shape index (κ2) is 7.11. The van der Waals surface area contributed by atoms with Crippen LogP contribution < -0.4 is 14.8 Å². The standard InChI is InChI=1S/C15H22N2O4S/c1-3-8-16-22(19,20)13-6-7-14(11(2)9-13)21-10-15(18)17-12-4-5-12/h6-7,9,12,16H,3-5,8,10H2,1-2H3,(H,17,18). The number of amides is 1. The van der Waals surface area contributed by atoms with Crippen LogP contribution in [0.4, 0.5) is 0 Å². The van der Waals surface area contributed by atoms with Crippen LogP contribution >= 0.6 is 0 Å². The first-order chi connectivity index (χ1) is 10.4.